The number of hydrogen-bond donors (Lipinski definition) is 1. The van der Waals surface area contributed by atoms with Gasteiger partial charge in [-0.2, -0.15) is 4.98 Å². The summed E-state index contributed by atoms with van der Waals surface area (Å²) < 4.78 is 13.6. The van der Waals surface area contributed by atoms with Gasteiger partial charge in [0.05, 0.1) is 26.1 Å². The third kappa shape index (κ3) is 5.30. The Morgan fingerprint density at radius 3 is 2.74 bits per heavy atom. The molecule has 3 heterocycles. The third-order valence-electron chi connectivity index (χ3n) is 6.24. The molecule has 0 bridgehead atoms. The van der Waals surface area contributed by atoms with Crippen LogP contribution in [0.15, 0.2) is 30.6 Å². The van der Waals surface area contributed by atoms with E-state index < -0.39 is 0 Å². The molecular weight excluding hydrogens is 432 g/mol. The highest BCUT2D eigenvalue weighted by atomic mass is 16.5. The Balaban J connectivity index is 1.69. The zero-order chi connectivity index (χ0) is 23.9. The lowest BCUT2D eigenvalue weighted by molar-refractivity contribution is -0.120. The molecular formula is C25H34N6O3. The van der Waals surface area contributed by atoms with E-state index in [1.54, 1.807) is 7.05 Å². The number of anilines is 1. The number of carbonyl (C=O) groups is 1. The molecule has 0 unspecified atom stereocenters. The zero-order valence-corrected chi connectivity index (χ0v) is 20.3. The number of nitrogens with one attached hydrogen (secondary N) is 1. The summed E-state index contributed by atoms with van der Waals surface area (Å²) in [5, 5.41) is 2.63. The van der Waals surface area contributed by atoms with E-state index in [1.165, 1.54) is 0 Å². The van der Waals surface area contributed by atoms with Crippen LogP contribution in [0.2, 0.25) is 0 Å². The van der Waals surface area contributed by atoms with Crippen molar-refractivity contribution < 1.29 is 14.3 Å². The first-order valence-corrected chi connectivity index (χ1v) is 12.2. The largest absolute Gasteiger partial charge is 0.494 e. The summed E-state index contributed by atoms with van der Waals surface area (Å²) in [6.45, 7) is 7.71. The maximum Gasteiger partial charge on any atom is 0.228 e. The smallest absolute Gasteiger partial charge is 0.228 e. The van der Waals surface area contributed by atoms with Crippen molar-refractivity contribution in [2.24, 2.45) is 0 Å². The van der Waals surface area contributed by atoms with Crippen molar-refractivity contribution in [2.45, 2.75) is 45.6 Å². The quantitative estimate of drug-likeness (QED) is 0.456. The fraction of sp³-hybridized carbons (Fsp3) is 0.520. The van der Waals surface area contributed by atoms with Crippen LogP contribution < -0.4 is 15.0 Å². The molecule has 1 amide bonds. The average Bonchev–Trinajstić information content (AvgIpc) is 3.31. The zero-order valence-electron chi connectivity index (χ0n) is 20.3. The third-order valence-corrected chi connectivity index (χ3v) is 6.24. The Labute approximate surface area is 200 Å². The number of imidazole rings is 1. The molecule has 0 saturated carbocycles. The monoisotopic (exact) mass is 466 g/mol. The second-order valence-electron chi connectivity index (χ2n) is 8.42. The van der Waals surface area contributed by atoms with Crippen LogP contribution in [-0.2, 0) is 9.53 Å². The molecule has 4 rings (SSSR count). The van der Waals surface area contributed by atoms with Crippen molar-refractivity contribution in [2.75, 3.05) is 44.9 Å². The Bertz CT molecular complexity index is 1110. The van der Waals surface area contributed by atoms with Gasteiger partial charge in [-0.05, 0) is 31.4 Å². The SMILES string of the molecule is CCC(CC)n1cnc2c(-c3cccc(OCCCC(=O)NC)c3)nc(N3CCOCC3)nc21. The maximum atomic E-state index is 11.4. The van der Waals surface area contributed by atoms with E-state index in [0.717, 1.165) is 54.1 Å². The van der Waals surface area contributed by atoms with Crippen LogP contribution in [0.25, 0.3) is 22.4 Å². The van der Waals surface area contributed by atoms with E-state index in [-0.39, 0.29) is 5.91 Å². The predicted molar refractivity (Wildman–Crippen MR) is 132 cm³/mol. The molecule has 1 aliphatic rings. The number of aromatic nitrogens is 4. The highest BCUT2D eigenvalue weighted by Crippen LogP contribution is 2.32. The van der Waals surface area contributed by atoms with Crippen molar-refractivity contribution in [3.05, 3.63) is 30.6 Å². The van der Waals surface area contributed by atoms with E-state index in [9.17, 15) is 4.79 Å². The number of fused-ring (bicyclic) bond motifs is 1. The normalized spacial score (nSPS) is 14.1. The maximum absolute atomic E-state index is 11.4. The molecule has 1 fully saturated rings. The second kappa shape index (κ2) is 11.3. The van der Waals surface area contributed by atoms with Gasteiger partial charge in [-0.1, -0.05) is 26.0 Å². The topological polar surface area (TPSA) is 94.4 Å². The summed E-state index contributed by atoms with van der Waals surface area (Å²) in [5.41, 5.74) is 3.38. The van der Waals surface area contributed by atoms with Gasteiger partial charge in [-0.15, -0.1) is 0 Å². The van der Waals surface area contributed by atoms with Crippen LogP contribution in [0, 0.1) is 0 Å². The first-order valence-electron chi connectivity index (χ1n) is 12.2. The molecule has 0 radical (unpaired) electrons. The standard InChI is InChI=1S/C25H34N6O3/c1-4-19(5-2)31-17-27-23-22(28-25(29-24(23)31)30-11-14-33-15-12-30)18-8-6-9-20(16-18)34-13-7-10-21(32)26-3/h6,8-9,16-17,19H,4-5,7,10-15H2,1-3H3,(H,26,32). The fourth-order valence-electron chi connectivity index (χ4n) is 4.24. The van der Waals surface area contributed by atoms with Crippen molar-refractivity contribution in [3.8, 4) is 17.0 Å². The van der Waals surface area contributed by atoms with Crippen LogP contribution >= 0.6 is 0 Å². The number of ether oxygens (including phenoxy) is 2. The number of amides is 1. The van der Waals surface area contributed by atoms with Crippen LogP contribution in [-0.4, -0.2) is 65.4 Å². The molecule has 1 N–H and O–H groups in total. The van der Waals surface area contributed by atoms with Crippen molar-refractivity contribution >= 4 is 23.0 Å². The molecule has 2 aromatic heterocycles. The predicted octanol–water partition coefficient (Wildman–Crippen LogP) is 3.60. The number of rotatable bonds is 10. The highest BCUT2D eigenvalue weighted by molar-refractivity contribution is 5.89. The van der Waals surface area contributed by atoms with Crippen LogP contribution in [0.1, 0.15) is 45.6 Å². The first-order chi connectivity index (χ1) is 16.6. The van der Waals surface area contributed by atoms with E-state index in [0.29, 0.717) is 44.7 Å². The van der Waals surface area contributed by atoms with Gasteiger partial charge in [-0.3, -0.25) is 4.79 Å². The van der Waals surface area contributed by atoms with Crippen LogP contribution in [0.3, 0.4) is 0 Å². The van der Waals surface area contributed by atoms with Gasteiger partial charge in [0.1, 0.15) is 17.0 Å². The lowest BCUT2D eigenvalue weighted by Crippen LogP contribution is -2.37. The van der Waals surface area contributed by atoms with E-state index in [4.69, 9.17) is 24.4 Å². The summed E-state index contributed by atoms with van der Waals surface area (Å²) in [6.07, 6.45) is 5.01. The number of morpholine rings is 1. The second-order valence-corrected chi connectivity index (χ2v) is 8.42. The molecule has 9 heteroatoms. The molecule has 3 aromatic rings. The molecule has 1 aromatic carbocycles. The fourth-order valence-corrected chi connectivity index (χ4v) is 4.24. The van der Waals surface area contributed by atoms with Gasteiger partial charge >= 0.3 is 0 Å². The van der Waals surface area contributed by atoms with E-state index >= 15 is 0 Å². The van der Waals surface area contributed by atoms with Crippen LogP contribution in [0.5, 0.6) is 5.75 Å². The Kier molecular flexibility index (Phi) is 7.95. The molecule has 34 heavy (non-hydrogen) atoms. The van der Waals surface area contributed by atoms with Gasteiger partial charge in [0.15, 0.2) is 5.65 Å². The van der Waals surface area contributed by atoms with E-state index in [1.807, 2.05) is 30.6 Å². The molecule has 0 aliphatic carbocycles. The minimum Gasteiger partial charge on any atom is -0.494 e. The van der Waals surface area contributed by atoms with Gasteiger partial charge in [0, 0.05) is 38.2 Å². The Hall–Kier alpha value is -3.20. The van der Waals surface area contributed by atoms with Crippen molar-refractivity contribution in [1.29, 1.82) is 0 Å². The van der Waals surface area contributed by atoms with Gasteiger partial charge in [-0.25, -0.2) is 9.97 Å². The summed E-state index contributed by atoms with van der Waals surface area (Å²) in [7, 11) is 1.64. The van der Waals surface area contributed by atoms with Crippen LogP contribution in [0.4, 0.5) is 5.95 Å². The summed E-state index contributed by atoms with van der Waals surface area (Å²) >= 11 is 0. The number of hydrogen-bond acceptors (Lipinski definition) is 7. The van der Waals surface area contributed by atoms with Crippen molar-refractivity contribution in [3.63, 3.8) is 0 Å². The molecule has 1 aliphatic heterocycles. The van der Waals surface area contributed by atoms with Crippen molar-refractivity contribution in [1.82, 2.24) is 24.8 Å². The first kappa shape index (κ1) is 23.9. The Morgan fingerprint density at radius 2 is 2.00 bits per heavy atom. The van der Waals surface area contributed by atoms with E-state index in [2.05, 4.69) is 28.6 Å². The summed E-state index contributed by atoms with van der Waals surface area (Å²) in [4.78, 5) is 28.3. The van der Waals surface area contributed by atoms with Gasteiger partial charge < -0.3 is 24.3 Å². The lowest BCUT2D eigenvalue weighted by atomic mass is 10.1. The molecule has 1 saturated heterocycles. The molecule has 182 valence electrons. The van der Waals surface area contributed by atoms with Gasteiger partial charge in [0.2, 0.25) is 11.9 Å². The minimum absolute atomic E-state index is 0.0180. The summed E-state index contributed by atoms with van der Waals surface area (Å²) in [6, 6.07) is 8.23. The average molecular weight is 467 g/mol. The molecule has 0 spiro atoms. The summed E-state index contributed by atoms with van der Waals surface area (Å²) in [5.74, 6) is 1.47. The number of carbonyl (C=O) groups excluding carboxylic acids is 1. The number of benzene rings is 1. The Morgan fingerprint density at radius 1 is 1.21 bits per heavy atom. The number of nitrogens with zero attached hydrogens (tertiary/aromatic N) is 5. The molecule has 0 atom stereocenters. The highest BCUT2D eigenvalue weighted by Gasteiger charge is 2.22. The lowest BCUT2D eigenvalue weighted by Gasteiger charge is -2.27. The minimum atomic E-state index is 0.0180. The molecule has 9 nitrogen and oxygen atoms in total. The van der Waals surface area contributed by atoms with Gasteiger partial charge in [0.25, 0.3) is 0 Å².